The van der Waals surface area contributed by atoms with Crippen LogP contribution in [0, 0.1) is 5.92 Å². The van der Waals surface area contributed by atoms with Crippen molar-refractivity contribution < 1.29 is 18.8 Å². The Morgan fingerprint density at radius 2 is 1.89 bits per heavy atom. The first-order valence-electron chi connectivity index (χ1n) is 6.61. The van der Waals surface area contributed by atoms with Gasteiger partial charge in [0.05, 0.1) is 6.10 Å². The van der Waals surface area contributed by atoms with Crippen LogP contribution >= 0.6 is 0 Å². The van der Waals surface area contributed by atoms with Crippen molar-refractivity contribution in [3.8, 4) is 0 Å². The number of β-lactam (4-membered cyclic amide) rings is 1. The number of hydrogen-bond acceptors (Lipinski definition) is 4. The summed E-state index contributed by atoms with van der Waals surface area (Å²) in [5.41, 5.74) is 0. The van der Waals surface area contributed by atoms with Gasteiger partial charge in [0.2, 0.25) is 5.91 Å². The van der Waals surface area contributed by atoms with Crippen LogP contribution in [0.4, 0.5) is 0 Å². The third kappa shape index (κ3) is 3.57. The molecule has 1 rings (SSSR count). The molecule has 1 amide bonds. The zero-order valence-electron chi connectivity index (χ0n) is 12.9. The van der Waals surface area contributed by atoms with Crippen LogP contribution in [0.2, 0.25) is 18.1 Å². The largest absolute Gasteiger partial charge is 0.441 e. The molecule has 0 spiro atoms. The molecule has 6 heteroatoms. The van der Waals surface area contributed by atoms with Crippen LogP contribution in [0.15, 0.2) is 0 Å². The summed E-state index contributed by atoms with van der Waals surface area (Å²) in [6.07, 6.45) is -0.802. The molecular weight excluding hydrogens is 262 g/mol. The molecule has 110 valence electrons. The monoisotopic (exact) mass is 287 g/mol. The number of carbonyl (C=O) groups is 2. The van der Waals surface area contributed by atoms with Crippen LogP contribution in [0.3, 0.4) is 0 Å². The van der Waals surface area contributed by atoms with Crippen molar-refractivity contribution in [2.24, 2.45) is 5.92 Å². The van der Waals surface area contributed by atoms with E-state index in [1.807, 2.05) is 6.92 Å². The van der Waals surface area contributed by atoms with Crippen LogP contribution in [0.25, 0.3) is 0 Å². The maximum absolute atomic E-state index is 11.6. The third-order valence-corrected chi connectivity index (χ3v) is 8.57. The average Bonchev–Trinajstić information content (AvgIpc) is 2.12. The highest BCUT2D eigenvalue weighted by Crippen LogP contribution is 2.39. The van der Waals surface area contributed by atoms with Gasteiger partial charge in [0.1, 0.15) is 5.92 Å². The fourth-order valence-corrected chi connectivity index (χ4v) is 3.25. The Hall–Kier alpha value is -0.883. The minimum Gasteiger partial charge on any atom is -0.441 e. The Bertz CT molecular complexity index is 375. The first-order chi connectivity index (χ1) is 8.45. The van der Waals surface area contributed by atoms with E-state index >= 15 is 0 Å². The zero-order valence-corrected chi connectivity index (χ0v) is 13.9. The maximum Gasteiger partial charge on any atom is 0.304 e. The van der Waals surface area contributed by atoms with E-state index in [1.165, 1.54) is 6.92 Å². The van der Waals surface area contributed by atoms with Gasteiger partial charge >= 0.3 is 5.97 Å². The highest BCUT2D eigenvalue weighted by molar-refractivity contribution is 6.74. The van der Waals surface area contributed by atoms with E-state index in [1.54, 1.807) is 0 Å². The second kappa shape index (κ2) is 5.24. The van der Waals surface area contributed by atoms with Gasteiger partial charge < -0.3 is 14.5 Å². The highest BCUT2D eigenvalue weighted by Gasteiger charge is 2.49. The van der Waals surface area contributed by atoms with Crippen LogP contribution in [0.5, 0.6) is 0 Å². The van der Waals surface area contributed by atoms with Crippen LogP contribution in [0.1, 0.15) is 34.6 Å². The Balaban J connectivity index is 2.69. The normalized spacial score (nSPS) is 25.3. The topological polar surface area (TPSA) is 64.6 Å². The van der Waals surface area contributed by atoms with Gasteiger partial charge in [0.15, 0.2) is 14.5 Å². The minimum atomic E-state index is -1.93. The van der Waals surface area contributed by atoms with Gasteiger partial charge in [0.25, 0.3) is 0 Å². The second-order valence-electron chi connectivity index (χ2n) is 6.65. The fraction of sp³-hybridized carbons (Fsp3) is 0.846. The molecule has 0 radical (unpaired) electrons. The second-order valence-corrected chi connectivity index (χ2v) is 11.4. The van der Waals surface area contributed by atoms with Crippen molar-refractivity contribution in [1.82, 2.24) is 5.32 Å². The minimum absolute atomic E-state index is 0.0818. The summed E-state index contributed by atoms with van der Waals surface area (Å²) >= 11 is 0. The molecule has 0 aromatic heterocycles. The van der Waals surface area contributed by atoms with E-state index < -0.39 is 26.4 Å². The maximum atomic E-state index is 11.6. The first kappa shape index (κ1) is 16.2. The van der Waals surface area contributed by atoms with Crippen molar-refractivity contribution in [3.63, 3.8) is 0 Å². The quantitative estimate of drug-likeness (QED) is 0.488. The number of hydrogen-bond donors (Lipinski definition) is 1. The van der Waals surface area contributed by atoms with E-state index in [-0.39, 0.29) is 17.0 Å². The lowest BCUT2D eigenvalue weighted by molar-refractivity contribution is -0.173. The molecule has 1 fully saturated rings. The van der Waals surface area contributed by atoms with Crippen molar-refractivity contribution in [3.05, 3.63) is 0 Å². The van der Waals surface area contributed by atoms with Gasteiger partial charge in [-0.05, 0) is 25.1 Å². The summed E-state index contributed by atoms with van der Waals surface area (Å²) in [5, 5.41) is 2.66. The van der Waals surface area contributed by atoms with E-state index in [9.17, 15) is 9.59 Å². The molecule has 0 saturated carbocycles. The van der Waals surface area contributed by atoms with Gasteiger partial charge in [0, 0.05) is 6.92 Å². The molecule has 1 aliphatic heterocycles. The van der Waals surface area contributed by atoms with Gasteiger partial charge in [-0.1, -0.05) is 20.8 Å². The molecule has 19 heavy (non-hydrogen) atoms. The van der Waals surface area contributed by atoms with Crippen molar-refractivity contribution >= 4 is 20.2 Å². The smallest absolute Gasteiger partial charge is 0.304 e. The molecule has 1 aliphatic rings. The lowest BCUT2D eigenvalue weighted by Crippen LogP contribution is -2.65. The van der Waals surface area contributed by atoms with Gasteiger partial charge in [-0.2, -0.15) is 0 Å². The fourth-order valence-electron chi connectivity index (χ4n) is 1.82. The average molecular weight is 287 g/mol. The van der Waals surface area contributed by atoms with Crippen LogP contribution < -0.4 is 5.32 Å². The summed E-state index contributed by atoms with van der Waals surface area (Å²) in [5.74, 6) is -0.912. The van der Waals surface area contributed by atoms with E-state index in [2.05, 4.69) is 39.2 Å². The van der Waals surface area contributed by atoms with Crippen LogP contribution in [-0.2, 0) is 18.8 Å². The number of nitrogens with one attached hydrogen (secondary N) is 1. The number of amides is 1. The molecule has 0 bridgehead atoms. The number of esters is 1. The molecule has 3 atom stereocenters. The Morgan fingerprint density at radius 1 is 1.37 bits per heavy atom. The third-order valence-electron chi connectivity index (χ3n) is 4.00. The summed E-state index contributed by atoms with van der Waals surface area (Å²) < 4.78 is 11.2. The lowest BCUT2D eigenvalue weighted by Gasteiger charge is -2.44. The lowest BCUT2D eigenvalue weighted by atomic mass is 9.93. The van der Waals surface area contributed by atoms with E-state index in [0.29, 0.717) is 0 Å². The predicted octanol–water partition coefficient (Wildman–Crippen LogP) is 2.03. The molecule has 1 saturated heterocycles. The predicted molar refractivity (Wildman–Crippen MR) is 74.9 cm³/mol. The number of ether oxygens (including phenoxy) is 1. The Kier molecular flexibility index (Phi) is 4.46. The summed E-state index contributed by atoms with van der Waals surface area (Å²) in [6, 6.07) is 0. The van der Waals surface area contributed by atoms with Gasteiger partial charge in [-0.25, -0.2) is 0 Å². The molecule has 0 aromatic carbocycles. The molecule has 5 nitrogen and oxygen atoms in total. The summed E-state index contributed by atoms with van der Waals surface area (Å²) in [4.78, 5) is 22.6. The molecule has 0 unspecified atom stereocenters. The van der Waals surface area contributed by atoms with Gasteiger partial charge in [-0.15, -0.1) is 0 Å². The van der Waals surface area contributed by atoms with Crippen LogP contribution in [-0.4, -0.2) is 32.5 Å². The zero-order chi connectivity index (χ0) is 15.0. The van der Waals surface area contributed by atoms with Crippen molar-refractivity contribution in [1.29, 1.82) is 0 Å². The molecular formula is C13H25NO4Si. The molecule has 1 heterocycles. The highest BCUT2D eigenvalue weighted by atomic mass is 28.4. The molecule has 1 N–H and O–H groups in total. The Morgan fingerprint density at radius 3 is 2.26 bits per heavy atom. The van der Waals surface area contributed by atoms with E-state index in [4.69, 9.17) is 9.16 Å². The summed E-state index contributed by atoms with van der Waals surface area (Å²) in [6.45, 7) is 13.9. The first-order valence-corrected chi connectivity index (χ1v) is 9.52. The van der Waals surface area contributed by atoms with E-state index in [0.717, 1.165) is 0 Å². The van der Waals surface area contributed by atoms with Gasteiger partial charge in [-0.3, -0.25) is 9.59 Å². The molecule has 0 aromatic rings. The SMILES string of the molecule is CC(=O)O[C@@H]1NC(=O)[C@@H]1[C@@H](C)O[Si](C)(C)C(C)(C)C. The standard InChI is InChI=1S/C13H25NO4Si/c1-8(18-19(6,7)13(3,4)5)10-11(16)14-12(10)17-9(2)15/h8,10,12H,1-7H3,(H,14,16)/t8-,10+,12+/m1/s1. The number of rotatable bonds is 4. The summed E-state index contributed by atoms with van der Waals surface area (Å²) in [7, 11) is -1.93. The van der Waals surface area contributed by atoms with Crippen molar-refractivity contribution in [2.75, 3.05) is 0 Å². The molecule has 0 aliphatic carbocycles. The number of carbonyl (C=O) groups excluding carboxylic acids is 2. The van der Waals surface area contributed by atoms with Crippen molar-refractivity contribution in [2.45, 2.75) is 65.1 Å². The Labute approximate surface area is 116 Å².